The molecule has 1 aromatic rings. The molecule has 0 bridgehead atoms. The van der Waals surface area contributed by atoms with Crippen molar-refractivity contribution < 1.29 is 4.79 Å². The molecule has 114 valence electrons. The average molecular weight is 299 g/mol. The minimum absolute atomic E-state index is 0. The van der Waals surface area contributed by atoms with E-state index in [0.717, 1.165) is 12.1 Å². The van der Waals surface area contributed by atoms with Crippen LogP contribution in [0.3, 0.4) is 0 Å². The second kappa shape index (κ2) is 7.65. The summed E-state index contributed by atoms with van der Waals surface area (Å²) in [6.07, 6.45) is 0. The van der Waals surface area contributed by atoms with Gasteiger partial charge in [-0.25, -0.2) is 0 Å². The maximum Gasteiger partial charge on any atom is 0.227 e. The second-order valence-electron chi connectivity index (χ2n) is 6.48. The third-order valence-electron chi connectivity index (χ3n) is 3.20. The van der Waals surface area contributed by atoms with Crippen LogP contribution >= 0.6 is 12.4 Å². The topological polar surface area (TPSA) is 46.3 Å². The highest BCUT2D eigenvalue weighted by molar-refractivity contribution is 5.85. The van der Waals surface area contributed by atoms with Crippen LogP contribution in [0.1, 0.15) is 39.3 Å². The highest BCUT2D eigenvalue weighted by atomic mass is 35.5. The first kappa shape index (κ1) is 18.9. The van der Waals surface area contributed by atoms with Crippen LogP contribution in [0, 0.1) is 11.3 Å². The Morgan fingerprint density at radius 3 is 2.20 bits per heavy atom. The maximum atomic E-state index is 12.4. The summed E-state index contributed by atoms with van der Waals surface area (Å²) in [4.78, 5) is 14.2. The van der Waals surface area contributed by atoms with Crippen LogP contribution in [0.25, 0.3) is 0 Å². The van der Waals surface area contributed by atoms with Crippen LogP contribution in [0.2, 0.25) is 0 Å². The predicted molar refractivity (Wildman–Crippen MR) is 86.9 cm³/mol. The number of carbonyl (C=O) groups is 1. The predicted octanol–water partition coefficient (Wildman–Crippen LogP) is 3.25. The van der Waals surface area contributed by atoms with Crippen molar-refractivity contribution in [1.29, 1.82) is 0 Å². The van der Waals surface area contributed by atoms with Crippen LogP contribution < -0.4 is 5.73 Å². The molecule has 1 rings (SSSR count). The van der Waals surface area contributed by atoms with E-state index in [1.165, 1.54) is 0 Å². The average Bonchev–Trinajstić information content (AvgIpc) is 2.35. The van der Waals surface area contributed by atoms with E-state index < -0.39 is 0 Å². The summed E-state index contributed by atoms with van der Waals surface area (Å²) in [5, 5.41) is 0. The number of hydrogen-bond donors (Lipinski definition) is 1. The minimum atomic E-state index is -0.254. The molecule has 20 heavy (non-hydrogen) atoms. The second-order valence-corrected chi connectivity index (χ2v) is 6.48. The van der Waals surface area contributed by atoms with E-state index in [9.17, 15) is 4.79 Å². The number of halogens is 1. The summed E-state index contributed by atoms with van der Waals surface area (Å²) < 4.78 is 0. The summed E-state index contributed by atoms with van der Waals surface area (Å²) in [6.45, 7) is 9.01. The van der Waals surface area contributed by atoms with Crippen LogP contribution in [-0.2, 0) is 4.79 Å². The van der Waals surface area contributed by atoms with Gasteiger partial charge in [0.1, 0.15) is 0 Å². The first-order valence-electron chi connectivity index (χ1n) is 6.78. The van der Waals surface area contributed by atoms with Gasteiger partial charge in [-0.2, -0.15) is 0 Å². The zero-order valence-electron chi connectivity index (χ0n) is 13.1. The summed E-state index contributed by atoms with van der Waals surface area (Å²) in [5.74, 6) is -0.110. The molecule has 0 aliphatic rings. The van der Waals surface area contributed by atoms with Gasteiger partial charge in [-0.15, -0.1) is 12.4 Å². The first-order valence-corrected chi connectivity index (χ1v) is 6.78. The molecule has 3 nitrogen and oxygen atoms in total. The molecule has 0 spiro atoms. The van der Waals surface area contributed by atoms with E-state index in [4.69, 9.17) is 5.73 Å². The van der Waals surface area contributed by atoms with Gasteiger partial charge in [0.25, 0.3) is 0 Å². The lowest BCUT2D eigenvalue weighted by Crippen LogP contribution is -2.40. The molecule has 0 saturated heterocycles. The third-order valence-corrected chi connectivity index (χ3v) is 3.20. The number of hydrogen-bond acceptors (Lipinski definition) is 2. The number of benzene rings is 1. The highest BCUT2D eigenvalue weighted by Crippen LogP contribution is 2.22. The van der Waals surface area contributed by atoms with E-state index >= 15 is 0 Å². The Morgan fingerprint density at radius 1 is 1.25 bits per heavy atom. The maximum absolute atomic E-state index is 12.4. The SMILES string of the molecule is CC(C(=O)N(C)CC(C)(C)C)C(N)c1ccccc1.Cl. The fourth-order valence-corrected chi connectivity index (χ4v) is 2.25. The number of carbonyl (C=O) groups excluding carboxylic acids is 1. The van der Waals surface area contributed by atoms with Gasteiger partial charge < -0.3 is 10.6 Å². The molecule has 2 N–H and O–H groups in total. The van der Waals surface area contributed by atoms with Crippen molar-refractivity contribution in [2.75, 3.05) is 13.6 Å². The fraction of sp³-hybridized carbons (Fsp3) is 0.562. The normalized spacial score (nSPS) is 14.1. The smallest absolute Gasteiger partial charge is 0.227 e. The third kappa shape index (κ3) is 5.51. The van der Waals surface area contributed by atoms with Crippen molar-refractivity contribution in [3.63, 3.8) is 0 Å². The van der Waals surface area contributed by atoms with E-state index in [-0.39, 0.29) is 35.7 Å². The van der Waals surface area contributed by atoms with Crippen molar-refractivity contribution in [3.8, 4) is 0 Å². The summed E-state index contributed by atoms with van der Waals surface area (Å²) in [6, 6.07) is 9.54. The van der Waals surface area contributed by atoms with Gasteiger partial charge in [0.2, 0.25) is 5.91 Å². The molecule has 4 heteroatoms. The number of amides is 1. The Hall–Kier alpha value is -1.06. The summed E-state index contributed by atoms with van der Waals surface area (Å²) in [7, 11) is 1.85. The molecular formula is C16H27ClN2O. The molecular weight excluding hydrogens is 272 g/mol. The summed E-state index contributed by atoms with van der Waals surface area (Å²) in [5.41, 5.74) is 7.30. The largest absolute Gasteiger partial charge is 0.345 e. The Bertz CT molecular complexity index is 414. The molecule has 0 saturated carbocycles. The lowest BCUT2D eigenvalue weighted by molar-refractivity contribution is -0.135. The fourth-order valence-electron chi connectivity index (χ4n) is 2.25. The van der Waals surface area contributed by atoms with Crippen molar-refractivity contribution in [2.24, 2.45) is 17.1 Å². The van der Waals surface area contributed by atoms with Gasteiger partial charge in [-0.3, -0.25) is 4.79 Å². The molecule has 0 fully saturated rings. The standard InChI is InChI=1S/C16H26N2O.ClH/c1-12(14(17)13-9-7-6-8-10-13)15(19)18(5)11-16(2,3)4;/h6-10,12,14H,11,17H2,1-5H3;1H. The van der Waals surface area contributed by atoms with E-state index in [2.05, 4.69) is 20.8 Å². The van der Waals surface area contributed by atoms with Gasteiger partial charge in [-0.05, 0) is 11.0 Å². The molecule has 0 aliphatic carbocycles. The molecule has 0 aromatic heterocycles. The lowest BCUT2D eigenvalue weighted by Gasteiger charge is -2.30. The zero-order chi connectivity index (χ0) is 14.6. The Morgan fingerprint density at radius 2 is 1.75 bits per heavy atom. The Balaban J connectivity index is 0.00000361. The molecule has 0 heterocycles. The van der Waals surface area contributed by atoms with Gasteiger partial charge in [0.15, 0.2) is 0 Å². The molecule has 2 unspecified atom stereocenters. The first-order chi connectivity index (χ1) is 8.72. The summed E-state index contributed by atoms with van der Waals surface area (Å²) >= 11 is 0. The van der Waals surface area contributed by atoms with E-state index in [1.807, 2.05) is 44.3 Å². The quantitative estimate of drug-likeness (QED) is 0.927. The monoisotopic (exact) mass is 298 g/mol. The van der Waals surface area contributed by atoms with Crippen LogP contribution in [0.5, 0.6) is 0 Å². The van der Waals surface area contributed by atoms with Gasteiger partial charge in [0.05, 0.1) is 5.92 Å². The zero-order valence-corrected chi connectivity index (χ0v) is 13.9. The Labute approximate surface area is 128 Å². The van der Waals surface area contributed by atoms with Crippen molar-refractivity contribution >= 4 is 18.3 Å². The van der Waals surface area contributed by atoms with Gasteiger partial charge >= 0.3 is 0 Å². The van der Waals surface area contributed by atoms with Crippen molar-refractivity contribution in [1.82, 2.24) is 4.90 Å². The van der Waals surface area contributed by atoms with Crippen molar-refractivity contribution in [3.05, 3.63) is 35.9 Å². The number of nitrogens with zero attached hydrogens (tertiary/aromatic N) is 1. The van der Waals surface area contributed by atoms with Crippen LogP contribution in [0.4, 0.5) is 0 Å². The van der Waals surface area contributed by atoms with Gasteiger partial charge in [-0.1, -0.05) is 58.0 Å². The lowest BCUT2D eigenvalue weighted by atomic mass is 9.92. The van der Waals surface area contributed by atoms with Crippen LogP contribution in [-0.4, -0.2) is 24.4 Å². The number of nitrogens with two attached hydrogens (primary N) is 1. The molecule has 0 radical (unpaired) electrons. The number of rotatable bonds is 4. The highest BCUT2D eigenvalue weighted by Gasteiger charge is 2.26. The molecule has 1 amide bonds. The van der Waals surface area contributed by atoms with E-state index in [1.54, 1.807) is 4.90 Å². The molecule has 2 atom stereocenters. The van der Waals surface area contributed by atoms with Gasteiger partial charge in [0, 0.05) is 19.6 Å². The minimum Gasteiger partial charge on any atom is -0.345 e. The molecule has 1 aromatic carbocycles. The van der Waals surface area contributed by atoms with E-state index in [0.29, 0.717) is 0 Å². The Kier molecular flexibility index (Phi) is 7.25. The van der Waals surface area contributed by atoms with Crippen LogP contribution in [0.15, 0.2) is 30.3 Å². The molecule has 0 aliphatic heterocycles. The van der Waals surface area contributed by atoms with Crippen molar-refractivity contribution in [2.45, 2.75) is 33.7 Å².